The van der Waals surface area contributed by atoms with Gasteiger partial charge in [-0.25, -0.2) is 0 Å². The van der Waals surface area contributed by atoms with E-state index in [-0.39, 0.29) is 31.3 Å². The molecule has 0 unspecified atom stereocenters. The van der Waals surface area contributed by atoms with Crippen LogP contribution in [0.3, 0.4) is 0 Å². The molecule has 6 nitrogen and oxygen atoms in total. The highest BCUT2D eigenvalue weighted by Crippen LogP contribution is 2.21. The lowest BCUT2D eigenvalue weighted by Crippen LogP contribution is -2.50. The number of nitrogens with zero attached hydrogens (tertiary/aromatic N) is 1. The summed E-state index contributed by atoms with van der Waals surface area (Å²) in [6.45, 7) is 0.534. The van der Waals surface area contributed by atoms with E-state index in [4.69, 9.17) is 21.1 Å². The van der Waals surface area contributed by atoms with Crippen molar-refractivity contribution in [3.8, 4) is 11.5 Å². The van der Waals surface area contributed by atoms with Crippen molar-refractivity contribution in [2.24, 2.45) is 0 Å². The largest absolute Gasteiger partial charge is 0.497 e. The molecule has 0 fully saturated rings. The van der Waals surface area contributed by atoms with Crippen LogP contribution < -0.4 is 14.8 Å². The van der Waals surface area contributed by atoms with Crippen LogP contribution in [0.25, 0.3) is 0 Å². The van der Waals surface area contributed by atoms with Crippen LogP contribution in [0, 0.1) is 0 Å². The number of benzene rings is 4. The summed E-state index contributed by atoms with van der Waals surface area (Å²) in [6, 6.07) is 31.2. The third-order valence-corrected chi connectivity index (χ3v) is 6.95. The Morgan fingerprint density at radius 2 is 1.43 bits per heavy atom. The smallest absolute Gasteiger partial charge is 0.243 e. The predicted octanol–water partition coefficient (Wildman–Crippen LogP) is 5.86. The Balaban J connectivity index is 1.65. The molecule has 0 aliphatic heterocycles. The van der Waals surface area contributed by atoms with Gasteiger partial charge in [-0.15, -0.1) is 0 Å². The summed E-state index contributed by atoms with van der Waals surface area (Å²) in [5, 5.41) is 3.66. The zero-order valence-corrected chi connectivity index (χ0v) is 23.4. The third-order valence-electron chi connectivity index (χ3n) is 6.70. The van der Waals surface area contributed by atoms with Crippen LogP contribution in [-0.2, 0) is 35.5 Å². The second-order valence-electron chi connectivity index (χ2n) is 9.41. The van der Waals surface area contributed by atoms with Crippen molar-refractivity contribution < 1.29 is 19.1 Å². The maximum atomic E-state index is 13.9. The molecule has 0 saturated heterocycles. The molecule has 0 spiro atoms. The van der Waals surface area contributed by atoms with Crippen molar-refractivity contribution in [1.29, 1.82) is 0 Å². The maximum Gasteiger partial charge on any atom is 0.243 e. The molecule has 4 aromatic rings. The van der Waals surface area contributed by atoms with E-state index in [1.54, 1.807) is 31.3 Å². The van der Waals surface area contributed by atoms with Crippen LogP contribution in [-0.4, -0.2) is 37.0 Å². The molecular weight excluding hydrogens is 524 g/mol. The van der Waals surface area contributed by atoms with Crippen LogP contribution in [0.2, 0.25) is 5.02 Å². The van der Waals surface area contributed by atoms with Gasteiger partial charge in [0, 0.05) is 30.1 Å². The highest BCUT2D eigenvalue weighted by Gasteiger charge is 2.30. The fourth-order valence-electron chi connectivity index (χ4n) is 4.51. The van der Waals surface area contributed by atoms with E-state index < -0.39 is 6.04 Å². The zero-order chi connectivity index (χ0) is 28.3. The standard InChI is InChI=1S/C33H33ClN2O4/c1-39-29-18-14-26(15-19-29)23-36(32(37)21-25-12-16-28(34)17-13-25)30(20-24-8-4-3-5-9-24)33(38)35-22-27-10-6-7-11-31(27)40-2/h3-19,30H,20-23H2,1-2H3,(H,35,38)/t30-/m1/s1. The minimum Gasteiger partial charge on any atom is -0.497 e. The van der Waals surface area contributed by atoms with Gasteiger partial charge >= 0.3 is 0 Å². The van der Waals surface area contributed by atoms with E-state index in [9.17, 15) is 9.59 Å². The molecule has 7 heteroatoms. The Hall–Kier alpha value is -4.29. The lowest BCUT2D eigenvalue weighted by Gasteiger charge is -2.32. The van der Waals surface area contributed by atoms with Crippen molar-refractivity contribution in [2.45, 2.75) is 32.0 Å². The Labute approximate surface area is 240 Å². The average Bonchev–Trinajstić information content (AvgIpc) is 2.99. The van der Waals surface area contributed by atoms with Gasteiger partial charge in [0.2, 0.25) is 11.8 Å². The number of carbonyl (C=O) groups excluding carboxylic acids is 2. The minimum absolute atomic E-state index is 0.137. The molecule has 0 aliphatic rings. The van der Waals surface area contributed by atoms with Gasteiger partial charge < -0.3 is 19.7 Å². The van der Waals surface area contributed by atoms with Gasteiger partial charge in [0.25, 0.3) is 0 Å². The van der Waals surface area contributed by atoms with Gasteiger partial charge in [-0.2, -0.15) is 0 Å². The molecule has 0 heterocycles. The lowest BCUT2D eigenvalue weighted by atomic mass is 10.0. The number of nitrogens with one attached hydrogen (secondary N) is 1. The number of carbonyl (C=O) groups is 2. The molecule has 40 heavy (non-hydrogen) atoms. The lowest BCUT2D eigenvalue weighted by molar-refractivity contribution is -0.140. The van der Waals surface area contributed by atoms with Gasteiger partial charge in [-0.3, -0.25) is 9.59 Å². The molecule has 0 saturated carbocycles. The first-order valence-corrected chi connectivity index (χ1v) is 13.4. The van der Waals surface area contributed by atoms with Gasteiger partial charge in [-0.05, 0) is 47.0 Å². The maximum absolute atomic E-state index is 13.9. The number of hydrogen-bond donors (Lipinski definition) is 1. The quantitative estimate of drug-likeness (QED) is 0.237. The number of halogens is 1. The Kier molecular flexibility index (Phi) is 10.2. The highest BCUT2D eigenvalue weighted by atomic mass is 35.5. The van der Waals surface area contributed by atoms with Crippen LogP contribution >= 0.6 is 11.6 Å². The molecule has 4 aromatic carbocycles. The van der Waals surface area contributed by atoms with Crippen LogP contribution in [0.15, 0.2) is 103 Å². The Bertz CT molecular complexity index is 1390. The summed E-state index contributed by atoms with van der Waals surface area (Å²) in [5.41, 5.74) is 3.52. The number of ether oxygens (including phenoxy) is 2. The summed E-state index contributed by atoms with van der Waals surface area (Å²) in [4.78, 5) is 29.4. The fourth-order valence-corrected chi connectivity index (χ4v) is 4.64. The van der Waals surface area contributed by atoms with Crippen molar-refractivity contribution in [1.82, 2.24) is 10.2 Å². The van der Waals surface area contributed by atoms with Crippen molar-refractivity contribution in [3.63, 3.8) is 0 Å². The van der Waals surface area contributed by atoms with Crippen LogP contribution in [0.4, 0.5) is 0 Å². The van der Waals surface area contributed by atoms with Gasteiger partial charge in [0.1, 0.15) is 17.5 Å². The van der Waals surface area contributed by atoms with Crippen LogP contribution in [0.5, 0.6) is 11.5 Å². The topological polar surface area (TPSA) is 67.9 Å². The fraction of sp³-hybridized carbons (Fsp3) is 0.212. The first kappa shape index (κ1) is 28.7. The molecule has 1 atom stereocenters. The van der Waals surface area contributed by atoms with E-state index in [2.05, 4.69) is 5.32 Å². The molecule has 4 rings (SSSR count). The van der Waals surface area contributed by atoms with Crippen molar-refractivity contribution >= 4 is 23.4 Å². The number of para-hydroxylation sites is 1. The second-order valence-corrected chi connectivity index (χ2v) is 9.84. The normalized spacial score (nSPS) is 11.4. The molecular formula is C33H33ClN2O4. The Morgan fingerprint density at radius 3 is 2.10 bits per heavy atom. The summed E-state index contributed by atoms with van der Waals surface area (Å²) in [6.07, 6.45) is 0.500. The monoisotopic (exact) mass is 556 g/mol. The van der Waals surface area contributed by atoms with Gasteiger partial charge in [0.05, 0.1) is 20.6 Å². The summed E-state index contributed by atoms with van der Waals surface area (Å²) >= 11 is 6.06. The highest BCUT2D eigenvalue weighted by molar-refractivity contribution is 6.30. The van der Waals surface area contributed by atoms with E-state index in [1.807, 2.05) is 91.0 Å². The summed E-state index contributed by atoms with van der Waals surface area (Å²) in [5.74, 6) is 1.01. The number of rotatable bonds is 12. The van der Waals surface area contributed by atoms with Crippen molar-refractivity contribution in [2.75, 3.05) is 14.2 Å². The summed E-state index contributed by atoms with van der Waals surface area (Å²) < 4.78 is 10.8. The molecule has 0 aliphatic carbocycles. The number of amides is 2. The van der Waals surface area contributed by atoms with E-state index in [1.165, 1.54) is 0 Å². The van der Waals surface area contributed by atoms with E-state index in [0.29, 0.717) is 17.2 Å². The van der Waals surface area contributed by atoms with Gasteiger partial charge in [0.15, 0.2) is 0 Å². The Morgan fingerprint density at radius 1 is 0.775 bits per heavy atom. The zero-order valence-electron chi connectivity index (χ0n) is 22.7. The first-order valence-electron chi connectivity index (χ1n) is 13.1. The van der Waals surface area contributed by atoms with Crippen molar-refractivity contribution in [3.05, 3.63) is 130 Å². The van der Waals surface area contributed by atoms with E-state index >= 15 is 0 Å². The second kappa shape index (κ2) is 14.2. The number of hydrogen-bond acceptors (Lipinski definition) is 4. The van der Waals surface area contributed by atoms with Gasteiger partial charge in [-0.1, -0.05) is 84.4 Å². The van der Waals surface area contributed by atoms with E-state index in [0.717, 1.165) is 28.0 Å². The summed E-state index contributed by atoms with van der Waals surface area (Å²) in [7, 11) is 3.21. The predicted molar refractivity (Wildman–Crippen MR) is 157 cm³/mol. The molecule has 0 bridgehead atoms. The molecule has 0 aromatic heterocycles. The first-order chi connectivity index (χ1) is 19.5. The average molecular weight is 557 g/mol. The SMILES string of the molecule is COc1ccc(CN(C(=O)Cc2ccc(Cl)cc2)[C@H](Cc2ccccc2)C(=O)NCc2ccccc2OC)cc1. The molecule has 2 amide bonds. The molecule has 1 N–H and O–H groups in total. The minimum atomic E-state index is -0.751. The third kappa shape index (κ3) is 7.87. The number of methoxy groups -OCH3 is 2. The van der Waals surface area contributed by atoms with Crippen LogP contribution in [0.1, 0.15) is 22.3 Å². The molecule has 0 radical (unpaired) electrons. The molecule has 206 valence electrons.